The molecule has 1 aromatic carbocycles. The van der Waals surface area contributed by atoms with Crippen molar-refractivity contribution in [2.75, 3.05) is 6.61 Å². The SMILES string of the molecule is CCOC(=O)ON(O)Cc1c(C)cc(C)cc1C. The Labute approximate surface area is 107 Å². The Kier molecular flexibility index (Phi) is 5.12. The van der Waals surface area contributed by atoms with Crippen LogP contribution in [-0.4, -0.2) is 23.2 Å². The fourth-order valence-corrected chi connectivity index (χ4v) is 1.86. The number of rotatable bonds is 4. The molecule has 100 valence electrons. The summed E-state index contributed by atoms with van der Waals surface area (Å²) in [6, 6.07) is 4.03. The molecule has 0 spiro atoms. The van der Waals surface area contributed by atoms with Gasteiger partial charge in [-0.3, -0.25) is 5.21 Å². The zero-order chi connectivity index (χ0) is 13.7. The Balaban J connectivity index is 2.70. The second-order valence-corrected chi connectivity index (χ2v) is 4.16. The predicted octanol–water partition coefficient (Wildman–Crippen LogP) is 2.89. The molecular formula is C13H19NO4. The maximum absolute atomic E-state index is 11.0. The molecule has 5 heteroatoms. The molecule has 5 nitrogen and oxygen atoms in total. The van der Waals surface area contributed by atoms with Crippen LogP contribution in [0.25, 0.3) is 0 Å². The summed E-state index contributed by atoms with van der Waals surface area (Å²) in [5, 5.41) is 10.0. The Morgan fingerprint density at radius 1 is 1.28 bits per heavy atom. The molecule has 0 aliphatic carbocycles. The molecule has 0 heterocycles. The fourth-order valence-electron chi connectivity index (χ4n) is 1.86. The highest BCUT2D eigenvalue weighted by Crippen LogP contribution is 2.18. The highest BCUT2D eigenvalue weighted by molar-refractivity contribution is 5.59. The van der Waals surface area contributed by atoms with Crippen LogP contribution in [0.4, 0.5) is 4.79 Å². The molecule has 1 rings (SSSR count). The molecule has 1 aromatic rings. The van der Waals surface area contributed by atoms with E-state index in [9.17, 15) is 10.0 Å². The highest BCUT2D eigenvalue weighted by Gasteiger charge is 2.13. The average Bonchev–Trinajstić information content (AvgIpc) is 2.23. The smallest absolute Gasteiger partial charge is 0.433 e. The number of carbonyl (C=O) groups is 1. The molecule has 0 bridgehead atoms. The van der Waals surface area contributed by atoms with Crippen molar-refractivity contribution in [3.05, 3.63) is 34.4 Å². The van der Waals surface area contributed by atoms with Gasteiger partial charge in [-0.25, -0.2) is 4.79 Å². The van der Waals surface area contributed by atoms with Gasteiger partial charge in [0.25, 0.3) is 0 Å². The molecule has 1 N–H and O–H groups in total. The third-order valence-corrected chi connectivity index (χ3v) is 2.58. The highest BCUT2D eigenvalue weighted by atomic mass is 16.9. The van der Waals surface area contributed by atoms with E-state index in [-0.39, 0.29) is 13.2 Å². The van der Waals surface area contributed by atoms with Crippen molar-refractivity contribution in [3.8, 4) is 0 Å². The number of aryl methyl sites for hydroxylation is 3. The topological polar surface area (TPSA) is 59.0 Å². The molecule has 0 unspecified atom stereocenters. The van der Waals surface area contributed by atoms with Gasteiger partial charge in [0, 0.05) is 0 Å². The summed E-state index contributed by atoms with van der Waals surface area (Å²) < 4.78 is 4.57. The van der Waals surface area contributed by atoms with Crippen molar-refractivity contribution >= 4 is 6.16 Å². The molecule has 0 saturated carbocycles. The number of hydrogen-bond donors (Lipinski definition) is 1. The van der Waals surface area contributed by atoms with E-state index in [1.807, 2.05) is 32.9 Å². The largest absolute Gasteiger partial charge is 0.529 e. The first-order valence-corrected chi connectivity index (χ1v) is 5.82. The van der Waals surface area contributed by atoms with E-state index in [1.165, 1.54) is 0 Å². The van der Waals surface area contributed by atoms with E-state index in [1.54, 1.807) is 6.92 Å². The third kappa shape index (κ3) is 4.01. The minimum Gasteiger partial charge on any atom is -0.433 e. The molecule has 18 heavy (non-hydrogen) atoms. The van der Waals surface area contributed by atoms with Crippen LogP contribution >= 0.6 is 0 Å². The molecule has 0 amide bonds. The van der Waals surface area contributed by atoms with E-state index in [2.05, 4.69) is 9.57 Å². The molecule has 0 atom stereocenters. The summed E-state index contributed by atoms with van der Waals surface area (Å²) in [4.78, 5) is 15.6. The van der Waals surface area contributed by atoms with Crippen molar-refractivity contribution in [3.63, 3.8) is 0 Å². The Hall–Kier alpha value is -1.59. The van der Waals surface area contributed by atoms with Crippen LogP contribution in [0.1, 0.15) is 29.2 Å². The van der Waals surface area contributed by atoms with Gasteiger partial charge in [0.05, 0.1) is 13.2 Å². The Morgan fingerprint density at radius 2 is 1.83 bits per heavy atom. The second kappa shape index (κ2) is 6.37. The lowest BCUT2D eigenvalue weighted by Gasteiger charge is -2.17. The van der Waals surface area contributed by atoms with E-state index in [0.29, 0.717) is 5.23 Å². The average molecular weight is 253 g/mol. The van der Waals surface area contributed by atoms with Crippen LogP contribution in [-0.2, 0) is 16.1 Å². The predicted molar refractivity (Wildman–Crippen MR) is 66.1 cm³/mol. The van der Waals surface area contributed by atoms with Gasteiger partial charge < -0.3 is 9.57 Å². The number of hydroxylamine groups is 2. The number of ether oxygens (including phenoxy) is 1. The van der Waals surface area contributed by atoms with Crippen LogP contribution in [0.3, 0.4) is 0 Å². The molecule has 0 aliphatic rings. The lowest BCUT2D eigenvalue weighted by molar-refractivity contribution is -0.317. The Morgan fingerprint density at radius 3 is 2.33 bits per heavy atom. The summed E-state index contributed by atoms with van der Waals surface area (Å²) in [6.45, 7) is 7.89. The zero-order valence-electron chi connectivity index (χ0n) is 11.2. The Bertz CT molecular complexity index is 408. The van der Waals surface area contributed by atoms with Crippen molar-refractivity contribution in [2.45, 2.75) is 34.2 Å². The summed E-state index contributed by atoms with van der Waals surface area (Å²) >= 11 is 0. The monoisotopic (exact) mass is 253 g/mol. The van der Waals surface area contributed by atoms with Crippen molar-refractivity contribution in [2.24, 2.45) is 0 Å². The van der Waals surface area contributed by atoms with Crippen LogP contribution in [0.15, 0.2) is 12.1 Å². The van der Waals surface area contributed by atoms with Crippen LogP contribution in [0.5, 0.6) is 0 Å². The molecule has 0 fully saturated rings. The van der Waals surface area contributed by atoms with Crippen molar-refractivity contribution in [1.82, 2.24) is 5.23 Å². The zero-order valence-corrected chi connectivity index (χ0v) is 11.2. The second-order valence-electron chi connectivity index (χ2n) is 4.16. The van der Waals surface area contributed by atoms with Crippen molar-refractivity contribution < 1.29 is 19.6 Å². The van der Waals surface area contributed by atoms with Gasteiger partial charge in [0.15, 0.2) is 0 Å². The van der Waals surface area contributed by atoms with Gasteiger partial charge in [-0.2, -0.15) is 0 Å². The standard InChI is InChI=1S/C13H19NO4/c1-5-17-13(15)18-14(16)8-12-10(3)6-9(2)7-11(12)4/h6-7,16H,5,8H2,1-4H3. The fraction of sp³-hybridized carbons (Fsp3) is 0.462. The first-order chi connectivity index (χ1) is 8.43. The van der Waals surface area contributed by atoms with Gasteiger partial charge in [0.2, 0.25) is 0 Å². The van der Waals surface area contributed by atoms with Crippen molar-refractivity contribution in [1.29, 1.82) is 0 Å². The van der Waals surface area contributed by atoms with Crippen LogP contribution in [0, 0.1) is 20.8 Å². The quantitative estimate of drug-likeness (QED) is 0.660. The first-order valence-electron chi connectivity index (χ1n) is 5.82. The van der Waals surface area contributed by atoms with Gasteiger partial charge in [-0.15, -0.1) is 0 Å². The number of nitrogens with zero attached hydrogens (tertiary/aromatic N) is 1. The summed E-state index contributed by atoms with van der Waals surface area (Å²) in [6.07, 6.45) is -0.914. The number of hydrogen-bond acceptors (Lipinski definition) is 5. The minimum atomic E-state index is -0.914. The molecule has 0 saturated heterocycles. The molecule has 0 radical (unpaired) electrons. The lowest BCUT2D eigenvalue weighted by atomic mass is 10.00. The minimum absolute atomic E-state index is 0.108. The first kappa shape index (κ1) is 14.5. The molecular weight excluding hydrogens is 234 g/mol. The molecule has 0 aliphatic heterocycles. The normalized spacial score (nSPS) is 10.6. The van der Waals surface area contributed by atoms with Gasteiger partial charge >= 0.3 is 6.16 Å². The van der Waals surface area contributed by atoms with E-state index in [4.69, 9.17) is 0 Å². The van der Waals surface area contributed by atoms with E-state index < -0.39 is 6.16 Å². The number of carbonyl (C=O) groups excluding carboxylic acids is 1. The third-order valence-electron chi connectivity index (χ3n) is 2.58. The van der Waals surface area contributed by atoms with E-state index in [0.717, 1.165) is 22.3 Å². The maximum Gasteiger partial charge on any atom is 0.529 e. The van der Waals surface area contributed by atoms with Gasteiger partial charge in [-0.1, -0.05) is 17.7 Å². The lowest BCUT2D eigenvalue weighted by Crippen LogP contribution is -2.24. The summed E-state index contributed by atoms with van der Waals surface area (Å²) in [7, 11) is 0. The van der Waals surface area contributed by atoms with E-state index >= 15 is 0 Å². The maximum atomic E-state index is 11.0. The number of benzene rings is 1. The summed E-state index contributed by atoms with van der Waals surface area (Å²) in [5.41, 5.74) is 4.16. The summed E-state index contributed by atoms with van der Waals surface area (Å²) in [5.74, 6) is 0. The van der Waals surface area contributed by atoms with Crippen LogP contribution < -0.4 is 0 Å². The molecule has 0 aromatic heterocycles. The van der Waals surface area contributed by atoms with Crippen LogP contribution in [0.2, 0.25) is 0 Å². The van der Waals surface area contributed by atoms with Gasteiger partial charge in [-0.05, 0) is 49.6 Å². The van der Waals surface area contributed by atoms with Gasteiger partial charge in [0.1, 0.15) is 0 Å².